The van der Waals surface area contributed by atoms with E-state index in [4.69, 9.17) is 0 Å². The van der Waals surface area contributed by atoms with Crippen LogP contribution in [0.1, 0.15) is 36.2 Å². The van der Waals surface area contributed by atoms with E-state index in [1.807, 2.05) is 4.90 Å². The Morgan fingerprint density at radius 1 is 1.20 bits per heavy atom. The third-order valence-corrected chi connectivity index (χ3v) is 6.89. The van der Waals surface area contributed by atoms with E-state index in [9.17, 15) is 19.7 Å². The van der Waals surface area contributed by atoms with Crippen LogP contribution in [0.3, 0.4) is 0 Å². The van der Waals surface area contributed by atoms with Crippen molar-refractivity contribution in [3.8, 4) is 0 Å². The zero-order valence-corrected chi connectivity index (χ0v) is 17.9. The van der Waals surface area contributed by atoms with Gasteiger partial charge >= 0.3 is 11.6 Å². The van der Waals surface area contributed by atoms with Gasteiger partial charge in [0.15, 0.2) is 11.5 Å². The maximum Gasteiger partial charge on any atom is 0.352 e. The Balaban J connectivity index is 1.57. The number of anilines is 1. The normalized spacial score (nSPS) is 24.7. The predicted octanol–water partition coefficient (Wildman–Crippen LogP) is 0.857. The van der Waals surface area contributed by atoms with Crippen LogP contribution in [0.25, 0.3) is 0 Å². The van der Waals surface area contributed by atoms with Crippen LogP contribution >= 0.6 is 11.7 Å². The number of fused-ring (bicyclic) bond motifs is 1. The fourth-order valence-electron chi connectivity index (χ4n) is 4.85. The molecule has 1 aromatic heterocycles. The van der Waals surface area contributed by atoms with Crippen LogP contribution < -0.4 is 5.32 Å². The fourth-order valence-corrected chi connectivity index (χ4v) is 5.39. The number of carbonyl (C=O) groups is 2. The molecule has 3 aliphatic rings. The van der Waals surface area contributed by atoms with Crippen molar-refractivity contribution in [1.82, 2.24) is 23.4 Å². The number of nitrogens with zero attached hydrogens (tertiary/aromatic N) is 6. The number of hydrogen-bond acceptors (Lipinski definition) is 9. The molecule has 2 fully saturated rings. The van der Waals surface area contributed by atoms with E-state index in [-0.39, 0.29) is 23.6 Å². The average Bonchev–Trinajstić information content (AvgIpc) is 3.24. The lowest BCUT2D eigenvalue weighted by Crippen LogP contribution is -2.56. The molecular weight excluding hydrogens is 410 g/mol. The molecule has 0 aromatic carbocycles. The van der Waals surface area contributed by atoms with Gasteiger partial charge in [0, 0.05) is 52.2 Å². The van der Waals surface area contributed by atoms with Crippen molar-refractivity contribution >= 4 is 29.4 Å². The first kappa shape index (κ1) is 20.5. The molecule has 1 N–H and O–H groups in total. The average molecular weight is 436 g/mol. The van der Waals surface area contributed by atoms with E-state index in [1.165, 1.54) is 0 Å². The third-order valence-electron chi connectivity index (χ3n) is 6.36. The van der Waals surface area contributed by atoms with E-state index >= 15 is 0 Å². The molecule has 30 heavy (non-hydrogen) atoms. The van der Waals surface area contributed by atoms with Gasteiger partial charge in [0.25, 0.3) is 5.91 Å². The molecule has 1 saturated heterocycles. The molecule has 2 amide bonds. The van der Waals surface area contributed by atoms with E-state index in [0.717, 1.165) is 37.4 Å². The number of aromatic nitrogens is 2. The predicted molar refractivity (Wildman–Crippen MR) is 109 cm³/mol. The summed E-state index contributed by atoms with van der Waals surface area (Å²) in [6.45, 7) is 1.72. The molecule has 1 aliphatic carbocycles. The molecule has 2 unspecified atom stereocenters. The molecule has 2 atom stereocenters. The SMILES string of the molecule is CNc1nsnc1C(=O)N1CCN(C2=C([N+](=O)[O-])C(=O)N(C)C3CCCCC23)CC1. The summed E-state index contributed by atoms with van der Waals surface area (Å²) in [6.07, 6.45) is 3.73. The van der Waals surface area contributed by atoms with Gasteiger partial charge in [-0.05, 0) is 12.8 Å². The Labute approximate surface area is 178 Å². The Kier molecular flexibility index (Phi) is 5.58. The second kappa shape index (κ2) is 8.17. The van der Waals surface area contributed by atoms with Crippen LogP contribution in [0, 0.1) is 16.0 Å². The first-order valence-corrected chi connectivity index (χ1v) is 10.9. The summed E-state index contributed by atoms with van der Waals surface area (Å²) in [5.74, 6) is -0.283. The highest BCUT2D eigenvalue weighted by Gasteiger charge is 2.48. The Morgan fingerprint density at radius 2 is 1.90 bits per heavy atom. The van der Waals surface area contributed by atoms with Crippen LogP contribution in [0.4, 0.5) is 5.82 Å². The molecule has 3 heterocycles. The molecule has 1 aromatic rings. The van der Waals surface area contributed by atoms with Crippen LogP contribution in [0.15, 0.2) is 11.4 Å². The molecule has 11 nitrogen and oxygen atoms in total. The standard InChI is InChI=1S/C18H25N7O4S/c1-19-16-13(20-30-21-16)17(26)24-9-7-23(8-10-24)14-11-5-3-4-6-12(11)22(2)18(27)15(14)25(28)29/h11-12H,3-10H2,1-2H3,(H,19,21). The minimum absolute atomic E-state index is 0.00359. The second-order valence-electron chi connectivity index (χ2n) is 7.86. The van der Waals surface area contributed by atoms with E-state index in [2.05, 4.69) is 14.1 Å². The number of piperazine rings is 1. The van der Waals surface area contributed by atoms with Crippen molar-refractivity contribution in [2.75, 3.05) is 45.6 Å². The first-order valence-electron chi connectivity index (χ1n) is 10.1. The molecule has 2 aliphatic heterocycles. The maximum atomic E-state index is 12.8. The van der Waals surface area contributed by atoms with Crippen molar-refractivity contribution in [3.63, 3.8) is 0 Å². The van der Waals surface area contributed by atoms with Gasteiger partial charge in [0.2, 0.25) is 0 Å². The summed E-state index contributed by atoms with van der Waals surface area (Å²) in [6, 6.07) is 0.00359. The van der Waals surface area contributed by atoms with Gasteiger partial charge < -0.3 is 20.0 Å². The van der Waals surface area contributed by atoms with Crippen molar-refractivity contribution < 1.29 is 14.5 Å². The monoisotopic (exact) mass is 435 g/mol. The second-order valence-corrected chi connectivity index (χ2v) is 8.38. The lowest BCUT2D eigenvalue weighted by molar-refractivity contribution is -0.424. The van der Waals surface area contributed by atoms with Gasteiger partial charge in [0.05, 0.1) is 16.7 Å². The topological polar surface area (TPSA) is 125 Å². The number of carbonyl (C=O) groups excluding carboxylic acids is 2. The minimum atomic E-state index is -0.531. The number of likely N-dealkylation sites (N-methyl/N-ethyl adjacent to an activating group) is 1. The summed E-state index contributed by atoms with van der Waals surface area (Å²) in [7, 11) is 3.36. The lowest BCUT2D eigenvalue weighted by atomic mass is 9.78. The highest BCUT2D eigenvalue weighted by atomic mass is 32.1. The molecule has 0 radical (unpaired) electrons. The zero-order valence-electron chi connectivity index (χ0n) is 17.0. The maximum absolute atomic E-state index is 12.8. The van der Waals surface area contributed by atoms with Crippen molar-refractivity contribution in [3.05, 3.63) is 27.2 Å². The van der Waals surface area contributed by atoms with Gasteiger partial charge in [-0.15, -0.1) is 0 Å². The summed E-state index contributed by atoms with van der Waals surface area (Å²) in [4.78, 5) is 42.1. The van der Waals surface area contributed by atoms with Gasteiger partial charge in [-0.3, -0.25) is 19.7 Å². The molecule has 0 spiro atoms. The third kappa shape index (κ3) is 3.38. The summed E-state index contributed by atoms with van der Waals surface area (Å²) in [5.41, 5.74) is 0.552. The van der Waals surface area contributed by atoms with Gasteiger partial charge in [0.1, 0.15) is 5.70 Å². The van der Waals surface area contributed by atoms with E-state index in [1.54, 1.807) is 23.9 Å². The summed E-state index contributed by atoms with van der Waals surface area (Å²) in [5, 5.41) is 14.7. The van der Waals surface area contributed by atoms with Crippen LogP contribution in [-0.2, 0) is 4.79 Å². The molecule has 0 bridgehead atoms. The molecule has 12 heteroatoms. The molecule has 162 valence electrons. The highest BCUT2D eigenvalue weighted by Crippen LogP contribution is 2.40. The molecule has 1 saturated carbocycles. The summed E-state index contributed by atoms with van der Waals surface area (Å²) < 4.78 is 8.16. The van der Waals surface area contributed by atoms with Gasteiger partial charge in [-0.2, -0.15) is 8.75 Å². The van der Waals surface area contributed by atoms with Crippen LogP contribution in [-0.4, -0.2) is 86.5 Å². The number of hydrogen-bond donors (Lipinski definition) is 1. The minimum Gasteiger partial charge on any atom is -0.370 e. The Bertz CT molecular complexity index is 893. The largest absolute Gasteiger partial charge is 0.370 e. The van der Waals surface area contributed by atoms with Crippen molar-refractivity contribution in [1.29, 1.82) is 0 Å². The molecule has 4 rings (SSSR count). The van der Waals surface area contributed by atoms with Crippen LogP contribution in [0.5, 0.6) is 0 Å². The summed E-state index contributed by atoms with van der Waals surface area (Å²) >= 11 is 0.978. The number of nitrogens with one attached hydrogen (secondary N) is 1. The highest BCUT2D eigenvalue weighted by molar-refractivity contribution is 6.99. The van der Waals surface area contributed by atoms with Gasteiger partial charge in [-0.1, -0.05) is 12.8 Å². The molecular formula is C18H25N7O4S. The first-order chi connectivity index (χ1) is 14.4. The quantitative estimate of drug-likeness (QED) is 0.545. The number of nitro groups is 1. The number of rotatable bonds is 4. The Hall–Kier alpha value is -2.76. The smallest absolute Gasteiger partial charge is 0.352 e. The van der Waals surface area contributed by atoms with Crippen molar-refractivity contribution in [2.24, 2.45) is 5.92 Å². The Morgan fingerprint density at radius 3 is 2.57 bits per heavy atom. The van der Waals surface area contributed by atoms with Crippen LogP contribution in [0.2, 0.25) is 0 Å². The van der Waals surface area contributed by atoms with E-state index in [0.29, 0.717) is 43.4 Å². The number of amides is 2. The van der Waals surface area contributed by atoms with Crippen molar-refractivity contribution in [2.45, 2.75) is 31.7 Å². The lowest BCUT2D eigenvalue weighted by Gasteiger charge is -2.46. The zero-order chi connectivity index (χ0) is 21.4. The van der Waals surface area contributed by atoms with Gasteiger partial charge in [-0.25, -0.2) is 0 Å². The fraction of sp³-hybridized carbons (Fsp3) is 0.667. The van der Waals surface area contributed by atoms with E-state index < -0.39 is 10.8 Å².